The van der Waals surface area contributed by atoms with Crippen molar-refractivity contribution in [2.45, 2.75) is 19.3 Å². The molecule has 3 aromatic heterocycles. The molecule has 0 aromatic carbocycles. The maximum atomic E-state index is 4.46. The van der Waals surface area contributed by atoms with E-state index in [4.69, 9.17) is 0 Å². The van der Waals surface area contributed by atoms with E-state index in [1.165, 1.54) is 30.3 Å². The van der Waals surface area contributed by atoms with Crippen LogP contribution in [0.15, 0.2) is 36.9 Å². The number of anilines is 1. The lowest BCUT2D eigenvalue weighted by Gasteiger charge is -2.29. The fourth-order valence-electron chi connectivity index (χ4n) is 3.12. The van der Waals surface area contributed by atoms with E-state index in [0.717, 1.165) is 29.9 Å². The second kappa shape index (κ2) is 5.16. The highest BCUT2D eigenvalue weighted by Gasteiger charge is 2.17. The van der Waals surface area contributed by atoms with Crippen molar-refractivity contribution in [1.82, 2.24) is 20.2 Å². The zero-order chi connectivity index (χ0) is 14.1. The van der Waals surface area contributed by atoms with Gasteiger partial charge in [-0.25, -0.2) is 4.98 Å². The van der Waals surface area contributed by atoms with Crippen LogP contribution in [-0.4, -0.2) is 33.3 Å². The zero-order valence-corrected chi connectivity index (χ0v) is 11.8. The van der Waals surface area contributed by atoms with Gasteiger partial charge >= 0.3 is 0 Å². The summed E-state index contributed by atoms with van der Waals surface area (Å²) < 4.78 is 0. The number of nitrogens with one attached hydrogen (secondary N) is 1. The van der Waals surface area contributed by atoms with Gasteiger partial charge in [0.25, 0.3) is 0 Å². The highest BCUT2D eigenvalue weighted by Crippen LogP contribution is 2.35. The number of hydrogen-bond acceptors (Lipinski definition) is 4. The zero-order valence-electron chi connectivity index (χ0n) is 11.8. The summed E-state index contributed by atoms with van der Waals surface area (Å²) in [5.41, 5.74) is 4.42. The van der Waals surface area contributed by atoms with Crippen LogP contribution in [0.25, 0.3) is 22.2 Å². The molecule has 0 unspecified atom stereocenters. The third kappa shape index (κ3) is 2.14. The predicted molar refractivity (Wildman–Crippen MR) is 83.2 cm³/mol. The Morgan fingerprint density at radius 1 is 1.00 bits per heavy atom. The van der Waals surface area contributed by atoms with Crippen molar-refractivity contribution in [2.24, 2.45) is 0 Å². The van der Waals surface area contributed by atoms with Crippen molar-refractivity contribution in [3.05, 3.63) is 36.9 Å². The normalized spacial score (nSPS) is 15.5. The van der Waals surface area contributed by atoms with E-state index in [9.17, 15) is 0 Å². The molecule has 0 aliphatic carbocycles. The molecule has 1 saturated heterocycles. The Labute approximate surface area is 123 Å². The average Bonchev–Trinajstić information content (AvgIpc) is 3.00. The standard InChI is InChI=1S/C16H17N5/c1-2-8-21(9-3-1)14-5-6-17-16-15(14)13(11-18-16)12-4-7-19-20-10-12/h4-7,10-11H,1-3,8-9H2,(H,17,18). The third-order valence-electron chi connectivity index (χ3n) is 4.14. The molecule has 21 heavy (non-hydrogen) atoms. The summed E-state index contributed by atoms with van der Waals surface area (Å²) in [5, 5.41) is 9.04. The minimum absolute atomic E-state index is 0.935. The number of H-pyrrole nitrogens is 1. The molecule has 0 atom stereocenters. The van der Waals surface area contributed by atoms with Crippen molar-refractivity contribution in [3.8, 4) is 11.1 Å². The lowest BCUT2D eigenvalue weighted by Crippen LogP contribution is -2.29. The van der Waals surface area contributed by atoms with Crippen molar-refractivity contribution >= 4 is 16.7 Å². The maximum absolute atomic E-state index is 4.46. The van der Waals surface area contributed by atoms with Crippen molar-refractivity contribution in [2.75, 3.05) is 18.0 Å². The first-order valence-corrected chi connectivity index (χ1v) is 7.41. The number of aromatic amines is 1. The van der Waals surface area contributed by atoms with Crippen LogP contribution >= 0.6 is 0 Å². The summed E-state index contributed by atoms with van der Waals surface area (Å²) in [6.07, 6.45) is 11.3. The molecule has 4 heterocycles. The summed E-state index contributed by atoms with van der Waals surface area (Å²) in [7, 11) is 0. The largest absolute Gasteiger partial charge is 0.371 e. The van der Waals surface area contributed by atoms with Gasteiger partial charge in [-0.15, -0.1) is 0 Å². The Morgan fingerprint density at radius 3 is 2.71 bits per heavy atom. The Kier molecular flexibility index (Phi) is 3.03. The van der Waals surface area contributed by atoms with Gasteiger partial charge in [0, 0.05) is 47.7 Å². The number of pyridine rings is 1. The monoisotopic (exact) mass is 279 g/mol. The first-order chi connectivity index (χ1) is 10.4. The summed E-state index contributed by atoms with van der Waals surface area (Å²) >= 11 is 0. The Hall–Kier alpha value is -2.43. The van der Waals surface area contributed by atoms with Gasteiger partial charge in [-0.05, 0) is 31.4 Å². The molecular weight excluding hydrogens is 262 g/mol. The van der Waals surface area contributed by atoms with Crippen LogP contribution < -0.4 is 4.90 Å². The van der Waals surface area contributed by atoms with Gasteiger partial charge in [0.15, 0.2) is 0 Å². The number of nitrogens with zero attached hydrogens (tertiary/aromatic N) is 4. The van der Waals surface area contributed by atoms with Crippen LogP contribution in [-0.2, 0) is 0 Å². The lowest BCUT2D eigenvalue weighted by atomic mass is 10.0. The Morgan fingerprint density at radius 2 is 1.90 bits per heavy atom. The molecule has 5 heteroatoms. The topological polar surface area (TPSA) is 57.7 Å². The first kappa shape index (κ1) is 12.3. The fraction of sp³-hybridized carbons (Fsp3) is 0.312. The molecule has 0 amide bonds. The van der Waals surface area contributed by atoms with Crippen molar-refractivity contribution in [3.63, 3.8) is 0 Å². The second-order valence-electron chi connectivity index (χ2n) is 5.43. The van der Waals surface area contributed by atoms with E-state index < -0.39 is 0 Å². The van der Waals surface area contributed by atoms with E-state index in [-0.39, 0.29) is 0 Å². The van der Waals surface area contributed by atoms with Crippen LogP contribution in [0.3, 0.4) is 0 Å². The van der Waals surface area contributed by atoms with Gasteiger partial charge in [-0.1, -0.05) is 0 Å². The molecule has 5 nitrogen and oxygen atoms in total. The molecule has 1 aliphatic heterocycles. The van der Waals surface area contributed by atoms with E-state index >= 15 is 0 Å². The molecule has 1 N–H and O–H groups in total. The molecule has 1 fully saturated rings. The number of hydrogen-bond donors (Lipinski definition) is 1. The van der Waals surface area contributed by atoms with Gasteiger partial charge in [0.1, 0.15) is 5.65 Å². The fourth-order valence-corrected chi connectivity index (χ4v) is 3.12. The van der Waals surface area contributed by atoms with Gasteiger partial charge < -0.3 is 9.88 Å². The molecular formula is C16H17N5. The molecule has 0 bridgehead atoms. The summed E-state index contributed by atoms with van der Waals surface area (Å²) in [4.78, 5) is 10.2. The number of rotatable bonds is 2. The van der Waals surface area contributed by atoms with Crippen LogP contribution in [0.4, 0.5) is 5.69 Å². The number of fused-ring (bicyclic) bond motifs is 1. The third-order valence-corrected chi connectivity index (χ3v) is 4.14. The number of piperidine rings is 1. The molecule has 0 spiro atoms. The van der Waals surface area contributed by atoms with E-state index in [2.05, 4.69) is 31.1 Å². The lowest BCUT2D eigenvalue weighted by molar-refractivity contribution is 0.579. The first-order valence-electron chi connectivity index (χ1n) is 7.41. The van der Waals surface area contributed by atoms with Gasteiger partial charge in [0.2, 0.25) is 0 Å². The Balaban J connectivity index is 1.89. The highest BCUT2D eigenvalue weighted by atomic mass is 15.1. The van der Waals surface area contributed by atoms with Crippen LogP contribution in [0, 0.1) is 0 Å². The highest BCUT2D eigenvalue weighted by molar-refractivity contribution is 6.02. The van der Waals surface area contributed by atoms with Crippen molar-refractivity contribution < 1.29 is 0 Å². The molecule has 0 saturated carbocycles. The van der Waals surface area contributed by atoms with Crippen LogP contribution in [0.2, 0.25) is 0 Å². The van der Waals surface area contributed by atoms with E-state index in [1.54, 1.807) is 12.4 Å². The summed E-state index contributed by atoms with van der Waals surface area (Å²) in [5.74, 6) is 0. The molecule has 3 aromatic rings. The SMILES string of the molecule is c1cc(-c2c[nH]c3nccc(N4CCCCC4)c23)cnn1. The predicted octanol–water partition coefficient (Wildman–Crippen LogP) is 3.01. The maximum Gasteiger partial charge on any atom is 0.139 e. The molecule has 106 valence electrons. The van der Waals surface area contributed by atoms with E-state index in [0.29, 0.717) is 0 Å². The second-order valence-corrected chi connectivity index (χ2v) is 5.43. The van der Waals surface area contributed by atoms with Crippen LogP contribution in [0.1, 0.15) is 19.3 Å². The quantitative estimate of drug-likeness (QED) is 0.783. The molecule has 1 aliphatic rings. The smallest absolute Gasteiger partial charge is 0.139 e. The minimum Gasteiger partial charge on any atom is -0.371 e. The van der Waals surface area contributed by atoms with Crippen molar-refractivity contribution in [1.29, 1.82) is 0 Å². The molecule has 4 rings (SSSR count). The van der Waals surface area contributed by atoms with Gasteiger partial charge in [0.05, 0.1) is 12.4 Å². The van der Waals surface area contributed by atoms with Gasteiger partial charge in [-0.3, -0.25) is 0 Å². The number of aromatic nitrogens is 4. The van der Waals surface area contributed by atoms with Gasteiger partial charge in [-0.2, -0.15) is 10.2 Å². The minimum atomic E-state index is 0.935. The Bertz CT molecular complexity index is 744. The molecule has 0 radical (unpaired) electrons. The summed E-state index contributed by atoms with van der Waals surface area (Å²) in [6.45, 7) is 2.25. The van der Waals surface area contributed by atoms with Crippen LogP contribution in [0.5, 0.6) is 0 Å². The average molecular weight is 279 g/mol. The summed E-state index contributed by atoms with van der Waals surface area (Å²) in [6, 6.07) is 4.11. The van der Waals surface area contributed by atoms with E-state index in [1.807, 2.05) is 18.5 Å².